The fourth-order valence-corrected chi connectivity index (χ4v) is 3.60. The van der Waals surface area contributed by atoms with E-state index in [0.29, 0.717) is 53.0 Å². The number of nitrogens with one attached hydrogen (secondary N) is 2. The molecule has 3 aromatic carbocycles. The first-order valence-corrected chi connectivity index (χ1v) is 10.6. The number of anilines is 1. The molecule has 5 rings (SSSR count). The van der Waals surface area contributed by atoms with E-state index in [4.69, 9.17) is 30.8 Å². The van der Waals surface area contributed by atoms with Crippen molar-refractivity contribution in [3.8, 4) is 28.7 Å². The second-order valence-electron chi connectivity index (χ2n) is 7.20. The molecule has 0 radical (unpaired) electrons. The number of hydrogen-bond acceptors (Lipinski definition) is 7. The van der Waals surface area contributed by atoms with Gasteiger partial charge in [-0.05, 0) is 72.9 Å². The Morgan fingerprint density at radius 1 is 1.00 bits per heavy atom. The Morgan fingerprint density at radius 3 is 2.58 bits per heavy atom. The molecule has 2 N–H and O–H groups in total. The summed E-state index contributed by atoms with van der Waals surface area (Å²) in [5.74, 6) is 2.06. The summed E-state index contributed by atoms with van der Waals surface area (Å²) in [6.45, 7) is 0.937. The average molecular weight is 461 g/mol. The number of ether oxygens (including phenoxy) is 3. The maximum atomic E-state index is 12.6. The molecule has 0 bridgehead atoms. The third-order valence-electron chi connectivity index (χ3n) is 5.01. The molecule has 0 saturated carbocycles. The Hall–Kier alpha value is -4.11. The van der Waals surface area contributed by atoms with Crippen LogP contribution in [0, 0.1) is 0 Å². The highest BCUT2D eigenvalue weighted by Crippen LogP contribution is 2.31. The monoisotopic (exact) mass is 461 g/mol. The summed E-state index contributed by atoms with van der Waals surface area (Å²) in [5.41, 5.74) is 3.22. The van der Waals surface area contributed by atoms with E-state index in [0.717, 1.165) is 11.3 Å². The van der Waals surface area contributed by atoms with Crippen molar-refractivity contribution in [3.63, 3.8) is 0 Å². The van der Waals surface area contributed by atoms with Gasteiger partial charge in [0.25, 0.3) is 5.91 Å². The Morgan fingerprint density at radius 2 is 1.79 bits per heavy atom. The van der Waals surface area contributed by atoms with Gasteiger partial charge in [-0.3, -0.25) is 10.1 Å². The SMILES string of the molecule is COc1ccc(-c2nc3cc(NC(=S)NC(=O)c4ccc5c(c4)OCCO5)ccc3o2)cc1. The predicted octanol–water partition coefficient (Wildman–Crippen LogP) is 4.40. The van der Waals surface area contributed by atoms with Gasteiger partial charge in [0.15, 0.2) is 22.2 Å². The number of thiocarbonyl (C=S) groups is 1. The molecule has 0 fully saturated rings. The summed E-state index contributed by atoms with van der Waals surface area (Å²) in [7, 11) is 1.62. The summed E-state index contributed by atoms with van der Waals surface area (Å²) < 4.78 is 22.0. The van der Waals surface area contributed by atoms with Crippen molar-refractivity contribution >= 4 is 40.0 Å². The molecular formula is C24H19N3O5S. The van der Waals surface area contributed by atoms with Gasteiger partial charge in [0.05, 0.1) is 7.11 Å². The first-order chi connectivity index (χ1) is 16.1. The van der Waals surface area contributed by atoms with Crippen molar-refractivity contribution in [2.45, 2.75) is 0 Å². The Labute approximate surface area is 194 Å². The van der Waals surface area contributed by atoms with Gasteiger partial charge in [-0.2, -0.15) is 0 Å². The van der Waals surface area contributed by atoms with E-state index in [2.05, 4.69) is 15.6 Å². The van der Waals surface area contributed by atoms with Crippen LogP contribution in [0.3, 0.4) is 0 Å². The molecule has 0 unspecified atom stereocenters. The molecule has 0 atom stereocenters. The summed E-state index contributed by atoms with van der Waals surface area (Å²) in [6, 6.07) is 17.8. The molecule has 8 nitrogen and oxygen atoms in total. The minimum atomic E-state index is -0.353. The van der Waals surface area contributed by atoms with Gasteiger partial charge >= 0.3 is 0 Å². The first-order valence-electron chi connectivity index (χ1n) is 10.2. The molecule has 0 spiro atoms. The largest absolute Gasteiger partial charge is 0.497 e. The zero-order valence-corrected chi connectivity index (χ0v) is 18.4. The molecule has 166 valence electrons. The van der Waals surface area contributed by atoms with Crippen LogP contribution in [0.25, 0.3) is 22.6 Å². The van der Waals surface area contributed by atoms with Crippen molar-refractivity contribution < 1.29 is 23.4 Å². The van der Waals surface area contributed by atoms with Crippen LogP contribution in [0.5, 0.6) is 17.2 Å². The van der Waals surface area contributed by atoms with Gasteiger partial charge in [0.1, 0.15) is 24.5 Å². The van der Waals surface area contributed by atoms with E-state index in [9.17, 15) is 4.79 Å². The minimum Gasteiger partial charge on any atom is -0.497 e. The zero-order valence-electron chi connectivity index (χ0n) is 17.6. The lowest BCUT2D eigenvalue weighted by atomic mass is 10.2. The first kappa shape index (κ1) is 20.8. The quantitative estimate of drug-likeness (QED) is 0.432. The highest BCUT2D eigenvalue weighted by atomic mass is 32.1. The van der Waals surface area contributed by atoms with Gasteiger partial charge in [0.2, 0.25) is 5.89 Å². The molecule has 0 saturated heterocycles. The van der Waals surface area contributed by atoms with Crippen molar-refractivity contribution in [2.75, 3.05) is 25.6 Å². The van der Waals surface area contributed by atoms with E-state index in [1.807, 2.05) is 24.3 Å². The van der Waals surface area contributed by atoms with Crippen LogP contribution in [-0.4, -0.2) is 36.3 Å². The van der Waals surface area contributed by atoms with Crippen molar-refractivity contribution in [1.82, 2.24) is 10.3 Å². The number of rotatable bonds is 4. The topological polar surface area (TPSA) is 94.9 Å². The molecule has 0 aliphatic carbocycles. The summed E-state index contributed by atoms with van der Waals surface area (Å²) in [6.07, 6.45) is 0. The van der Waals surface area contributed by atoms with Crippen molar-refractivity contribution in [2.24, 2.45) is 0 Å². The van der Waals surface area contributed by atoms with E-state index >= 15 is 0 Å². The number of carbonyl (C=O) groups excluding carboxylic acids is 1. The minimum absolute atomic E-state index is 0.160. The maximum Gasteiger partial charge on any atom is 0.257 e. The fraction of sp³-hybridized carbons (Fsp3) is 0.125. The molecule has 9 heteroatoms. The van der Waals surface area contributed by atoms with Gasteiger partial charge < -0.3 is 23.9 Å². The Bertz CT molecular complexity index is 1350. The van der Waals surface area contributed by atoms with Gasteiger partial charge in [-0.1, -0.05) is 0 Å². The van der Waals surface area contributed by atoms with Crippen LogP contribution >= 0.6 is 12.2 Å². The third-order valence-corrected chi connectivity index (χ3v) is 5.22. The zero-order chi connectivity index (χ0) is 22.8. The number of amides is 1. The second-order valence-corrected chi connectivity index (χ2v) is 7.60. The molecule has 1 aliphatic heterocycles. The molecular weight excluding hydrogens is 442 g/mol. The number of fused-ring (bicyclic) bond motifs is 2. The molecule has 1 aliphatic rings. The molecule has 4 aromatic rings. The van der Waals surface area contributed by atoms with Crippen molar-refractivity contribution in [3.05, 3.63) is 66.2 Å². The van der Waals surface area contributed by atoms with Crippen LogP contribution in [0.4, 0.5) is 5.69 Å². The maximum absolute atomic E-state index is 12.6. The second kappa shape index (κ2) is 8.79. The van der Waals surface area contributed by atoms with Gasteiger partial charge in [-0.15, -0.1) is 0 Å². The smallest absolute Gasteiger partial charge is 0.257 e. The predicted molar refractivity (Wildman–Crippen MR) is 127 cm³/mol. The lowest BCUT2D eigenvalue weighted by molar-refractivity contribution is 0.0976. The standard InChI is InChI=1S/C24H19N3O5S/c1-29-17-6-2-14(3-7-17)23-26-18-13-16(5-9-19(18)32-23)25-24(33)27-22(28)15-4-8-20-21(12-15)31-11-10-30-20/h2-9,12-13H,10-11H2,1H3,(H2,25,27,28,33). The van der Waals surface area contributed by atoms with Crippen LogP contribution in [0.15, 0.2) is 65.1 Å². The Balaban J connectivity index is 1.27. The Kier molecular flexibility index (Phi) is 5.54. The number of benzene rings is 3. The van der Waals surface area contributed by atoms with Crippen LogP contribution in [0.1, 0.15) is 10.4 Å². The highest BCUT2D eigenvalue weighted by molar-refractivity contribution is 7.80. The molecule has 2 heterocycles. The summed E-state index contributed by atoms with van der Waals surface area (Å²) in [5, 5.41) is 5.84. The normalized spacial score (nSPS) is 12.3. The number of carbonyl (C=O) groups is 1. The molecule has 33 heavy (non-hydrogen) atoms. The number of oxazole rings is 1. The fourth-order valence-electron chi connectivity index (χ4n) is 3.38. The molecule has 1 amide bonds. The highest BCUT2D eigenvalue weighted by Gasteiger charge is 2.16. The van der Waals surface area contributed by atoms with E-state index in [-0.39, 0.29) is 11.0 Å². The number of nitrogens with zero attached hydrogens (tertiary/aromatic N) is 1. The number of methoxy groups -OCH3 is 1. The number of aromatic nitrogens is 1. The van der Waals surface area contributed by atoms with Gasteiger partial charge in [-0.25, -0.2) is 4.98 Å². The lowest BCUT2D eigenvalue weighted by Gasteiger charge is -2.18. The van der Waals surface area contributed by atoms with Gasteiger partial charge in [0, 0.05) is 16.8 Å². The number of hydrogen-bond donors (Lipinski definition) is 2. The van der Waals surface area contributed by atoms with Crippen LogP contribution in [0.2, 0.25) is 0 Å². The van der Waals surface area contributed by atoms with Crippen LogP contribution < -0.4 is 24.8 Å². The van der Waals surface area contributed by atoms with Crippen LogP contribution in [-0.2, 0) is 0 Å². The molecule has 1 aromatic heterocycles. The summed E-state index contributed by atoms with van der Waals surface area (Å²) >= 11 is 5.31. The summed E-state index contributed by atoms with van der Waals surface area (Å²) in [4.78, 5) is 17.1. The average Bonchev–Trinajstić information content (AvgIpc) is 3.27. The van der Waals surface area contributed by atoms with Crippen molar-refractivity contribution in [1.29, 1.82) is 0 Å². The van der Waals surface area contributed by atoms with E-state index < -0.39 is 0 Å². The van der Waals surface area contributed by atoms with E-state index in [1.54, 1.807) is 43.5 Å². The lowest BCUT2D eigenvalue weighted by Crippen LogP contribution is -2.34. The van der Waals surface area contributed by atoms with E-state index in [1.165, 1.54) is 0 Å². The third kappa shape index (κ3) is 4.44.